The van der Waals surface area contributed by atoms with Crippen LogP contribution < -0.4 is 4.74 Å². The number of rotatable bonds is 8. The molecule has 0 saturated carbocycles. The minimum atomic E-state index is -2.97. The fourth-order valence-electron chi connectivity index (χ4n) is 2.68. The van der Waals surface area contributed by atoms with Crippen LogP contribution in [0.1, 0.15) is 18.4 Å². The van der Waals surface area contributed by atoms with Crippen LogP contribution in [-0.2, 0) is 21.1 Å². The summed E-state index contributed by atoms with van der Waals surface area (Å²) in [7, 11) is -1.32. The van der Waals surface area contributed by atoms with E-state index >= 15 is 0 Å². The number of sulfone groups is 1. The number of ether oxygens (including phenoxy) is 2. The van der Waals surface area contributed by atoms with Gasteiger partial charge in [0.1, 0.15) is 15.6 Å². The first-order valence-corrected chi connectivity index (χ1v) is 9.67. The van der Waals surface area contributed by atoms with Gasteiger partial charge in [0.25, 0.3) is 0 Å². The van der Waals surface area contributed by atoms with E-state index in [2.05, 4.69) is 4.90 Å². The fraction of sp³-hybridized carbons (Fsp3) is 0.625. The highest BCUT2D eigenvalue weighted by molar-refractivity contribution is 7.90. The summed E-state index contributed by atoms with van der Waals surface area (Å²) < 4.78 is 34.0. The largest absolute Gasteiger partial charge is 0.496 e. The minimum absolute atomic E-state index is 0.162. The maximum Gasteiger partial charge on any atom is 0.148 e. The van der Waals surface area contributed by atoms with E-state index in [1.165, 1.54) is 6.26 Å². The van der Waals surface area contributed by atoms with Crippen molar-refractivity contribution >= 4 is 9.84 Å². The van der Waals surface area contributed by atoms with Crippen LogP contribution in [0.5, 0.6) is 5.75 Å². The third-order valence-electron chi connectivity index (χ3n) is 3.85. The lowest BCUT2D eigenvalue weighted by Crippen LogP contribution is -2.35. The van der Waals surface area contributed by atoms with E-state index in [-0.39, 0.29) is 11.9 Å². The Kier molecular flexibility index (Phi) is 6.23. The molecule has 5 nitrogen and oxygen atoms in total. The summed E-state index contributed by atoms with van der Waals surface area (Å²) >= 11 is 0. The molecule has 0 N–H and O–H groups in total. The SMILES string of the molecule is COc1ccccc1CN(CCS(C)(=O)=O)CC1CCCO1. The van der Waals surface area contributed by atoms with Crippen molar-refractivity contribution in [2.45, 2.75) is 25.5 Å². The van der Waals surface area contributed by atoms with Gasteiger partial charge in [0.05, 0.1) is 19.0 Å². The molecule has 6 heteroatoms. The molecule has 1 saturated heterocycles. The molecule has 1 aliphatic rings. The predicted octanol–water partition coefficient (Wildman–Crippen LogP) is 1.72. The Morgan fingerprint density at radius 2 is 2.14 bits per heavy atom. The molecule has 0 radical (unpaired) electrons. The van der Waals surface area contributed by atoms with Gasteiger partial charge in [0.15, 0.2) is 0 Å². The van der Waals surface area contributed by atoms with Gasteiger partial charge in [-0.25, -0.2) is 8.42 Å². The summed E-state index contributed by atoms with van der Waals surface area (Å²) in [5.74, 6) is 0.994. The van der Waals surface area contributed by atoms with Crippen molar-refractivity contribution in [1.29, 1.82) is 0 Å². The van der Waals surface area contributed by atoms with Crippen LogP contribution in [0.25, 0.3) is 0 Å². The van der Waals surface area contributed by atoms with Crippen molar-refractivity contribution in [3.63, 3.8) is 0 Å². The fourth-order valence-corrected chi connectivity index (χ4v) is 3.27. The van der Waals surface area contributed by atoms with E-state index in [0.29, 0.717) is 13.1 Å². The Morgan fingerprint density at radius 1 is 1.36 bits per heavy atom. The third kappa shape index (κ3) is 5.59. The van der Waals surface area contributed by atoms with Gasteiger partial charge in [-0.05, 0) is 18.9 Å². The molecule has 1 aromatic carbocycles. The quantitative estimate of drug-likeness (QED) is 0.728. The number of methoxy groups -OCH3 is 1. The first kappa shape index (κ1) is 17.2. The second-order valence-corrected chi connectivity index (χ2v) is 8.07. The predicted molar refractivity (Wildman–Crippen MR) is 87.0 cm³/mol. The molecule has 1 fully saturated rings. The number of hydrogen-bond donors (Lipinski definition) is 0. The number of para-hydroxylation sites is 1. The monoisotopic (exact) mass is 327 g/mol. The van der Waals surface area contributed by atoms with Gasteiger partial charge in [-0.3, -0.25) is 4.90 Å². The van der Waals surface area contributed by atoms with Gasteiger partial charge >= 0.3 is 0 Å². The van der Waals surface area contributed by atoms with E-state index in [0.717, 1.165) is 37.3 Å². The Labute approximate surface area is 133 Å². The van der Waals surface area contributed by atoms with Crippen LogP contribution in [0.3, 0.4) is 0 Å². The molecular formula is C16H25NO4S. The molecule has 0 aliphatic carbocycles. The maximum atomic E-state index is 11.5. The van der Waals surface area contributed by atoms with Crippen molar-refractivity contribution in [2.75, 3.05) is 38.8 Å². The molecule has 0 aromatic heterocycles. The molecule has 1 aliphatic heterocycles. The lowest BCUT2D eigenvalue weighted by Gasteiger charge is -2.25. The highest BCUT2D eigenvalue weighted by Crippen LogP contribution is 2.21. The van der Waals surface area contributed by atoms with Crippen molar-refractivity contribution < 1.29 is 17.9 Å². The van der Waals surface area contributed by atoms with E-state index < -0.39 is 9.84 Å². The van der Waals surface area contributed by atoms with E-state index in [9.17, 15) is 8.42 Å². The van der Waals surface area contributed by atoms with Gasteiger partial charge in [-0.2, -0.15) is 0 Å². The Balaban J connectivity index is 2.05. The van der Waals surface area contributed by atoms with E-state index in [4.69, 9.17) is 9.47 Å². The highest BCUT2D eigenvalue weighted by atomic mass is 32.2. The molecule has 0 bridgehead atoms. The first-order valence-electron chi connectivity index (χ1n) is 7.61. The van der Waals surface area contributed by atoms with E-state index in [1.54, 1.807) is 7.11 Å². The molecule has 1 aromatic rings. The standard InChI is InChI=1S/C16H25NO4S/c1-20-16-8-4-3-6-14(16)12-17(9-11-22(2,18)19)13-15-7-5-10-21-15/h3-4,6,8,15H,5,7,9-13H2,1-2H3. The van der Waals surface area contributed by atoms with Crippen LogP contribution in [0.15, 0.2) is 24.3 Å². The van der Waals surface area contributed by atoms with Crippen LogP contribution in [0.4, 0.5) is 0 Å². The van der Waals surface area contributed by atoms with Gasteiger partial charge in [0.2, 0.25) is 0 Å². The van der Waals surface area contributed by atoms with Crippen molar-refractivity contribution in [3.05, 3.63) is 29.8 Å². The molecule has 1 heterocycles. The normalized spacial score (nSPS) is 18.8. The molecule has 1 unspecified atom stereocenters. The summed E-state index contributed by atoms with van der Waals surface area (Å²) in [5.41, 5.74) is 1.07. The first-order chi connectivity index (χ1) is 10.5. The molecule has 1 atom stereocenters. The summed E-state index contributed by atoms with van der Waals surface area (Å²) in [6.07, 6.45) is 3.61. The topological polar surface area (TPSA) is 55.8 Å². The highest BCUT2D eigenvalue weighted by Gasteiger charge is 2.21. The summed E-state index contributed by atoms with van der Waals surface area (Å²) in [6.45, 7) is 2.74. The van der Waals surface area contributed by atoms with Crippen molar-refractivity contribution in [3.8, 4) is 5.75 Å². The zero-order valence-corrected chi connectivity index (χ0v) is 14.1. The smallest absolute Gasteiger partial charge is 0.148 e. The molecule has 0 amide bonds. The minimum Gasteiger partial charge on any atom is -0.496 e. The second kappa shape index (κ2) is 7.94. The summed E-state index contributed by atoms with van der Waals surface area (Å²) in [6, 6.07) is 7.85. The summed E-state index contributed by atoms with van der Waals surface area (Å²) in [4.78, 5) is 2.15. The average Bonchev–Trinajstić information content (AvgIpc) is 2.97. The zero-order valence-electron chi connectivity index (χ0n) is 13.3. The van der Waals surface area contributed by atoms with Crippen molar-refractivity contribution in [2.24, 2.45) is 0 Å². The number of benzene rings is 1. The van der Waals surface area contributed by atoms with Gasteiger partial charge in [-0.15, -0.1) is 0 Å². The molecule has 22 heavy (non-hydrogen) atoms. The number of nitrogens with zero attached hydrogens (tertiary/aromatic N) is 1. The average molecular weight is 327 g/mol. The van der Waals surface area contributed by atoms with Crippen molar-refractivity contribution in [1.82, 2.24) is 4.90 Å². The summed E-state index contributed by atoms with van der Waals surface area (Å²) in [5, 5.41) is 0. The van der Waals surface area contributed by atoms with E-state index in [1.807, 2.05) is 24.3 Å². The third-order valence-corrected chi connectivity index (χ3v) is 4.77. The van der Waals surface area contributed by atoms with Gasteiger partial charge in [-0.1, -0.05) is 18.2 Å². The molecular weight excluding hydrogens is 302 g/mol. The van der Waals surface area contributed by atoms with Crippen LogP contribution in [-0.4, -0.2) is 58.2 Å². The maximum absolute atomic E-state index is 11.5. The zero-order chi connectivity index (χ0) is 16.0. The lowest BCUT2D eigenvalue weighted by atomic mass is 10.1. The van der Waals surface area contributed by atoms with Crippen LogP contribution in [0, 0.1) is 0 Å². The van der Waals surface area contributed by atoms with Crippen LogP contribution >= 0.6 is 0 Å². The lowest BCUT2D eigenvalue weighted by molar-refractivity contribution is 0.0724. The Hall–Kier alpha value is -1.11. The Bertz CT molecular complexity index is 567. The van der Waals surface area contributed by atoms with Crippen LogP contribution in [0.2, 0.25) is 0 Å². The number of hydrogen-bond acceptors (Lipinski definition) is 5. The van der Waals surface area contributed by atoms with Gasteiger partial charge in [0, 0.05) is 38.1 Å². The molecule has 124 valence electrons. The Morgan fingerprint density at radius 3 is 2.77 bits per heavy atom. The molecule has 2 rings (SSSR count). The van der Waals surface area contributed by atoms with Gasteiger partial charge < -0.3 is 9.47 Å². The second-order valence-electron chi connectivity index (χ2n) is 5.81. The molecule has 0 spiro atoms.